The van der Waals surface area contributed by atoms with E-state index >= 15 is 0 Å². The summed E-state index contributed by atoms with van der Waals surface area (Å²) in [5, 5.41) is 0. The highest BCUT2D eigenvalue weighted by molar-refractivity contribution is 5.78. The summed E-state index contributed by atoms with van der Waals surface area (Å²) in [4.78, 5) is 21.9. The summed E-state index contributed by atoms with van der Waals surface area (Å²) in [7, 11) is 0. The van der Waals surface area contributed by atoms with Crippen LogP contribution in [-0.4, -0.2) is 22.5 Å². The molecule has 1 saturated carbocycles. The van der Waals surface area contributed by atoms with Gasteiger partial charge in [-0.1, -0.05) is 90.2 Å². The normalized spacial score (nSPS) is 17.6. The molecule has 3 rings (SSSR count). The smallest absolute Gasteiger partial charge is 0.314 e. The molecule has 1 aliphatic rings. The van der Waals surface area contributed by atoms with E-state index in [1.807, 2.05) is 24.3 Å². The number of aromatic nitrogens is 2. The summed E-state index contributed by atoms with van der Waals surface area (Å²) in [6, 6.07) is 7.54. The Morgan fingerprint density at radius 3 is 2.19 bits per heavy atom. The number of benzene rings is 1. The molecule has 36 heavy (non-hydrogen) atoms. The molecule has 0 amide bonds. The summed E-state index contributed by atoms with van der Waals surface area (Å²) >= 11 is 0. The number of para-hydroxylation sites is 1. The molecule has 198 valence electrons. The highest BCUT2D eigenvalue weighted by Crippen LogP contribution is 2.34. The van der Waals surface area contributed by atoms with Crippen molar-refractivity contribution >= 4 is 5.97 Å². The van der Waals surface area contributed by atoms with Crippen molar-refractivity contribution in [3.63, 3.8) is 0 Å². The number of rotatable bonds is 16. The number of carbonyl (C=O) groups is 1. The molecule has 0 aliphatic heterocycles. The lowest BCUT2D eigenvalue weighted by molar-refractivity contribution is -0.140. The summed E-state index contributed by atoms with van der Waals surface area (Å²) in [5.41, 5.74) is 0.734. The van der Waals surface area contributed by atoms with Gasteiger partial charge in [-0.05, 0) is 50.2 Å². The molecule has 0 atom stereocenters. The molecule has 5 nitrogen and oxygen atoms in total. The van der Waals surface area contributed by atoms with Crippen molar-refractivity contribution in [3.8, 4) is 22.9 Å². The lowest BCUT2D eigenvalue weighted by Crippen LogP contribution is -2.26. The van der Waals surface area contributed by atoms with Gasteiger partial charge in [0.15, 0.2) is 11.6 Å². The Balaban J connectivity index is 1.46. The van der Waals surface area contributed by atoms with E-state index in [2.05, 4.69) is 23.8 Å². The van der Waals surface area contributed by atoms with Crippen molar-refractivity contribution < 1.29 is 14.3 Å². The van der Waals surface area contributed by atoms with Crippen LogP contribution in [0, 0.1) is 11.8 Å². The van der Waals surface area contributed by atoms with E-state index in [1.54, 1.807) is 12.4 Å². The molecule has 1 heterocycles. The zero-order chi connectivity index (χ0) is 25.4. The van der Waals surface area contributed by atoms with Crippen LogP contribution < -0.4 is 9.47 Å². The molecule has 0 N–H and O–H groups in total. The van der Waals surface area contributed by atoms with Gasteiger partial charge in [-0.25, -0.2) is 9.97 Å². The Morgan fingerprint density at radius 2 is 1.47 bits per heavy atom. The third kappa shape index (κ3) is 9.55. The fraction of sp³-hybridized carbons (Fsp3) is 0.645. The first-order valence-corrected chi connectivity index (χ1v) is 14.5. The second kappa shape index (κ2) is 16.3. The average molecular weight is 495 g/mol. The Hall–Kier alpha value is -2.43. The predicted molar refractivity (Wildman–Crippen MR) is 146 cm³/mol. The lowest BCUT2D eigenvalue weighted by atomic mass is 9.80. The predicted octanol–water partition coefficient (Wildman–Crippen LogP) is 8.57. The molecule has 1 aromatic carbocycles. The highest BCUT2D eigenvalue weighted by atomic mass is 16.5. The van der Waals surface area contributed by atoms with E-state index in [0.29, 0.717) is 23.9 Å². The third-order valence-corrected chi connectivity index (χ3v) is 7.38. The Kier molecular flexibility index (Phi) is 12.8. The maximum atomic E-state index is 12.9. The van der Waals surface area contributed by atoms with Crippen LogP contribution >= 0.6 is 0 Å². The van der Waals surface area contributed by atoms with Gasteiger partial charge in [0.25, 0.3) is 0 Å². The first-order valence-electron chi connectivity index (χ1n) is 14.5. The van der Waals surface area contributed by atoms with E-state index in [9.17, 15) is 4.79 Å². The molecular weight excluding hydrogens is 448 g/mol. The molecule has 0 spiro atoms. The Labute approximate surface area is 218 Å². The van der Waals surface area contributed by atoms with Crippen LogP contribution in [0.3, 0.4) is 0 Å². The first-order chi connectivity index (χ1) is 17.7. The lowest BCUT2D eigenvalue weighted by Gasteiger charge is -2.27. The standard InChI is InChI=1S/C31H46N2O3/c1-3-5-7-8-9-10-14-22-35-27-23-32-30(33-24-27)28-16-12-13-17-29(28)36-31(34)26-20-18-25(19-21-26)15-11-6-4-2/h12-13,16-17,23-26H,3-11,14-15,18-22H2,1-2H3/t25-,26-. The zero-order valence-electron chi connectivity index (χ0n) is 22.6. The molecule has 1 fully saturated rings. The van der Waals surface area contributed by atoms with Crippen molar-refractivity contribution in [3.05, 3.63) is 36.7 Å². The molecule has 2 aromatic rings. The number of esters is 1. The van der Waals surface area contributed by atoms with Crippen molar-refractivity contribution in [1.82, 2.24) is 9.97 Å². The molecule has 0 radical (unpaired) electrons. The van der Waals surface area contributed by atoms with Crippen molar-refractivity contribution in [2.45, 2.75) is 110 Å². The van der Waals surface area contributed by atoms with Gasteiger partial charge in [0.05, 0.1) is 30.5 Å². The summed E-state index contributed by atoms with van der Waals surface area (Å²) in [5.74, 6) is 2.39. The minimum Gasteiger partial charge on any atom is -0.490 e. The van der Waals surface area contributed by atoms with Gasteiger partial charge in [-0.2, -0.15) is 0 Å². The number of carbonyl (C=O) groups excluding carboxylic acids is 1. The molecule has 0 bridgehead atoms. The van der Waals surface area contributed by atoms with Gasteiger partial charge in [-0.15, -0.1) is 0 Å². The SMILES string of the molecule is CCCCCCCCCOc1cnc(-c2ccccc2OC(=O)[C@H]2CC[C@H](CCCCC)CC2)nc1. The van der Waals surface area contributed by atoms with E-state index in [4.69, 9.17) is 9.47 Å². The van der Waals surface area contributed by atoms with Crippen LogP contribution in [0.2, 0.25) is 0 Å². The molecule has 5 heteroatoms. The van der Waals surface area contributed by atoms with Gasteiger partial charge < -0.3 is 9.47 Å². The molecule has 0 saturated heterocycles. The Bertz CT molecular complexity index is 876. The van der Waals surface area contributed by atoms with Gasteiger partial charge in [0, 0.05) is 0 Å². The fourth-order valence-corrected chi connectivity index (χ4v) is 5.08. The van der Waals surface area contributed by atoms with Crippen molar-refractivity contribution in [2.24, 2.45) is 11.8 Å². The summed E-state index contributed by atoms with van der Waals surface area (Å²) in [6.07, 6.45) is 21.5. The minimum absolute atomic E-state index is 0.0104. The molecular formula is C31H46N2O3. The van der Waals surface area contributed by atoms with Crippen LogP contribution in [0.5, 0.6) is 11.5 Å². The summed E-state index contributed by atoms with van der Waals surface area (Å²) in [6.45, 7) is 5.18. The molecule has 0 unspecified atom stereocenters. The largest absolute Gasteiger partial charge is 0.490 e. The molecule has 1 aromatic heterocycles. The van der Waals surface area contributed by atoms with Crippen LogP contribution in [-0.2, 0) is 4.79 Å². The van der Waals surface area contributed by atoms with Gasteiger partial charge >= 0.3 is 5.97 Å². The quantitative estimate of drug-likeness (QED) is 0.133. The highest BCUT2D eigenvalue weighted by Gasteiger charge is 2.28. The van der Waals surface area contributed by atoms with Crippen LogP contribution in [0.1, 0.15) is 110 Å². The number of nitrogens with zero attached hydrogens (tertiary/aromatic N) is 2. The Morgan fingerprint density at radius 1 is 0.833 bits per heavy atom. The second-order valence-electron chi connectivity index (χ2n) is 10.3. The number of ether oxygens (including phenoxy) is 2. The first kappa shape index (κ1) is 28.1. The topological polar surface area (TPSA) is 61.3 Å². The van der Waals surface area contributed by atoms with Gasteiger partial charge in [0.2, 0.25) is 0 Å². The fourth-order valence-electron chi connectivity index (χ4n) is 5.08. The maximum absolute atomic E-state index is 12.9. The second-order valence-corrected chi connectivity index (χ2v) is 10.3. The maximum Gasteiger partial charge on any atom is 0.314 e. The van der Waals surface area contributed by atoms with E-state index < -0.39 is 0 Å². The monoisotopic (exact) mass is 494 g/mol. The van der Waals surface area contributed by atoms with Crippen LogP contribution in [0.15, 0.2) is 36.7 Å². The number of hydrogen-bond acceptors (Lipinski definition) is 5. The molecule has 1 aliphatic carbocycles. The number of unbranched alkanes of at least 4 members (excludes halogenated alkanes) is 8. The van der Waals surface area contributed by atoms with Gasteiger partial charge in [0.1, 0.15) is 5.75 Å². The average Bonchev–Trinajstić information content (AvgIpc) is 2.91. The van der Waals surface area contributed by atoms with E-state index in [0.717, 1.165) is 43.6 Å². The zero-order valence-corrected chi connectivity index (χ0v) is 22.6. The van der Waals surface area contributed by atoms with E-state index in [-0.39, 0.29) is 11.9 Å². The van der Waals surface area contributed by atoms with Gasteiger partial charge in [-0.3, -0.25) is 4.79 Å². The third-order valence-electron chi connectivity index (χ3n) is 7.38. The van der Waals surface area contributed by atoms with E-state index in [1.165, 1.54) is 64.2 Å². The minimum atomic E-state index is -0.121. The number of hydrogen-bond donors (Lipinski definition) is 0. The van der Waals surface area contributed by atoms with Crippen molar-refractivity contribution in [1.29, 1.82) is 0 Å². The summed E-state index contributed by atoms with van der Waals surface area (Å²) < 4.78 is 11.7. The van der Waals surface area contributed by atoms with Crippen LogP contribution in [0.25, 0.3) is 11.4 Å². The van der Waals surface area contributed by atoms with Crippen LogP contribution in [0.4, 0.5) is 0 Å². The van der Waals surface area contributed by atoms with Crippen molar-refractivity contribution in [2.75, 3.05) is 6.61 Å².